The lowest BCUT2D eigenvalue weighted by Gasteiger charge is -2.23. The molecule has 0 spiro atoms. The van der Waals surface area contributed by atoms with Gasteiger partial charge in [0.05, 0.1) is 24.0 Å². The highest BCUT2D eigenvalue weighted by Crippen LogP contribution is 2.31. The lowest BCUT2D eigenvalue weighted by Crippen LogP contribution is -2.35. The Bertz CT molecular complexity index is 999. The number of hydrogen-bond donors (Lipinski definition) is 1. The largest absolute Gasteiger partial charge is 0.491 e. The summed E-state index contributed by atoms with van der Waals surface area (Å²) in [5.74, 6) is -0.337. The Morgan fingerprint density at radius 2 is 1.93 bits per heavy atom. The number of ether oxygens (including phenoxy) is 1. The number of aryl methyl sites for hydroxylation is 1. The van der Waals surface area contributed by atoms with Crippen molar-refractivity contribution >= 4 is 10.9 Å². The summed E-state index contributed by atoms with van der Waals surface area (Å²) in [6.45, 7) is 8.53. The van der Waals surface area contributed by atoms with Crippen molar-refractivity contribution in [2.24, 2.45) is 11.7 Å². The molecule has 148 valence electrons. The quantitative estimate of drug-likeness (QED) is 0.647. The molecule has 0 aliphatic heterocycles. The number of halogens is 2. The minimum atomic E-state index is -0.656. The molecular formula is C22H25F2N3O. The molecule has 0 aliphatic rings. The van der Waals surface area contributed by atoms with Gasteiger partial charge >= 0.3 is 0 Å². The first-order chi connectivity index (χ1) is 13.1. The van der Waals surface area contributed by atoms with Crippen LogP contribution in [0.4, 0.5) is 8.78 Å². The third-order valence-corrected chi connectivity index (χ3v) is 4.49. The van der Waals surface area contributed by atoms with Crippen LogP contribution in [-0.2, 0) is 0 Å². The van der Waals surface area contributed by atoms with Crippen LogP contribution < -0.4 is 10.5 Å². The van der Waals surface area contributed by atoms with Crippen LogP contribution in [0, 0.1) is 24.5 Å². The number of rotatable bonds is 6. The van der Waals surface area contributed by atoms with Crippen molar-refractivity contribution < 1.29 is 13.5 Å². The third-order valence-electron chi connectivity index (χ3n) is 4.49. The first-order valence-electron chi connectivity index (χ1n) is 9.26. The second-order valence-corrected chi connectivity index (χ2v) is 8.08. The number of nitrogens with two attached hydrogens (primary N) is 1. The zero-order valence-electron chi connectivity index (χ0n) is 16.6. The van der Waals surface area contributed by atoms with Crippen molar-refractivity contribution in [1.29, 1.82) is 0 Å². The van der Waals surface area contributed by atoms with Crippen LogP contribution in [0.15, 0.2) is 36.7 Å². The number of benzene rings is 1. The molecule has 6 heteroatoms. The Balaban J connectivity index is 1.86. The number of hydrogen-bond acceptors (Lipinski definition) is 4. The van der Waals surface area contributed by atoms with E-state index in [9.17, 15) is 8.78 Å². The SMILES string of the molecule is Cc1cc(-c2ccnc3cc(F)cc(F)c23)ncc1OCC(C)CC(C)(C)N. The molecule has 3 rings (SSSR count). The van der Waals surface area contributed by atoms with Crippen molar-refractivity contribution in [3.8, 4) is 17.0 Å². The van der Waals surface area contributed by atoms with E-state index in [0.717, 1.165) is 18.1 Å². The van der Waals surface area contributed by atoms with Crippen LogP contribution in [-0.4, -0.2) is 22.1 Å². The van der Waals surface area contributed by atoms with Crippen LogP contribution in [0.3, 0.4) is 0 Å². The summed E-state index contributed by atoms with van der Waals surface area (Å²) >= 11 is 0. The highest BCUT2D eigenvalue weighted by Gasteiger charge is 2.17. The summed E-state index contributed by atoms with van der Waals surface area (Å²) in [5.41, 5.74) is 8.11. The maximum atomic E-state index is 14.4. The Morgan fingerprint density at radius 3 is 2.61 bits per heavy atom. The van der Waals surface area contributed by atoms with E-state index in [2.05, 4.69) is 16.9 Å². The van der Waals surface area contributed by atoms with Crippen LogP contribution >= 0.6 is 0 Å². The van der Waals surface area contributed by atoms with Gasteiger partial charge in [-0.2, -0.15) is 0 Å². The minimum absolute atomic E-state index is 0.244. The van der Waals surface area contributed by atoms with E-state index in [-0.39, 0.29) is 16.4 Å². The summed E-state index contributed by atoms with van der Waals surface area (Å²) in [6, 6.07) is 5.59. The van der Waals surface area contributed by atoms with E-state index in [1.165, 1.54) is 12.3 Å². The monoisotopic (exact) mass is 385 g/mol. The fourth-order valence-electron chi connectivity index (χ4n) is 3.45. The summed E-state index contributed by atoms with van der Waals surface area (Å²) < 4.78 is 33.8. The average molecular weight is 385 g/mol. The molecule has 3 aromatic rings. The van der Waals surface area contributed by atoms with Crippen molar-refractivity contribution in [3.05, 3.63) is 53.9 Å². The van der Waals surface area contributed by atoms with E-state index in [1.807, 2.05) is 26.8 Å². The fraction of sp³-hybridized carbons (Fsp3) is 0.364. The number of nitrogens with zero attached hydrogens (tertiary/aromatic N) is 2. The third kappa shape index (κ3) is 4.62. The second kappa shape index (κ2) is 7.80. The van der Waals surface area contributed by atoms with Gasteiger partial charge in [-0.1, -0.05) is 6.92 Å². The van der Waals surface area contributed by atoms with Gasteiger partial charge in [-0.3, -0.25) is 9.97 Å². The van der Waals surface area contributed by atoms with Crippen LogP contribution in [0.5, 0.6) is 5.75 Å². The van der Waals surface area contributed by atoms with Gasteiger partial charge in [0.2, 0.25) is 0 Å². The maximum Gasteiger partial charge on any atom is 0.140 e. The molecule has 0 radical (unpaired) electrons. The summed E-state index contributed by atoms with van der Waals surface area (Å²) in [6.07, 6.45) is 4.00. The normalized spacial score (nSPS) is 13.0. The van der Waals surface area contributed by atoms with Gasteiger partial charge in [0.15, 0.2) is 0 Å². The number of aromatic nitrogens is 2. The van der Waals surface area contributed by atoms with Crippen LogP contribution in [0.25, 0.3) is 22.2 Å². The van der Waals surface area contributed by atoms with E-state index in [4.69, 9.17) is 10.5 Å². The summed E-state index contributed by atoms with van der Waals surface area (Å²) in [5, 5.41) is 0.253. The highest BCUT2D eigenvalue weighted by atomic mass is 19.1. The predicted octanol–water partition coefficient (Wildman–Crippen LogP) is 5.03. The smallest absolute Gasteiger partial charge is 0.140 e. The fourth-order valence-corrected chi connectivity index (χ4v) is 3.45. The Labute approximate surface area is 163 Å². The van der Waals surface area contributed by atoms with Crippen LogP contribution in [0.2, 0.25) is 0 Å². The molecule has 1 unspecified atom stereocenters. The molecule has 0 amide bonds. The zero-order chi connectivity index (χ0) is 20.5. The van der Waals surface area contributed by atoms with Crippen molar-refractivity contribution in [3.63, 3.8) is 0 Å². The van der Waals surface area contributed by atoms with Gasteiger partial charge in [0.1, 0.15) is 17.4 Å². The molecule has 2 heterocycles. The average Bonchev–Trinajstić information content (AvgIpc) is 2.58. The molecular weight excluding hydrogens is 360 g/mol. The summed E-state index contributed by atoms with van der Waals surface area (Å²) in [7, 11) is 0. The molecule has 4 nitrogen and oxygen atoms in total. The summed E-state index contributed by atoms with van der Waals surface area (Å²) in [4.78, 5) is 8.50. The zero-order valence-corrected chi connectivity index (χ0v) is 16.6. The van der Waals surface area contributed by atoms with E-state index < -0.39 is 11.6 Å². The lowest BCUT2D eigenvalue weighted by atomic mass is 9.93. The number of fused-ring (bicyclic) bond motifs is 1. The second-order valence-electron chi connectivity index (χ2n) is 8.08. The Hall–Kier alpha value is -2.60. The minimum Gasteiger partial charge on any atom is -0.491 e. The molecule has 28 heavy (non-hydrogen) atoms. The molecule has 1 atom stereocenters. The van der Waals surface area contributed by atoms with Gasteiger partial charge in [0.25, 0.3) is 0 Å². The van der Waals surface area contributed by atoms with Gasteiger partial charge in [-0.15, -0.1) is 0 Å². The van der Waals surface area contributed by atoms with Gasteiger partial charge in [-0.25, -0.2) is 8.78 Å². The van der Waals surface area contributed by atoms with Crippen molar-refractivity contribution in [2.45, 2.75) is 39.7 Å². The Kier molecular flexibility index (Phi) is 5.61. The highest BCUT2D eigenvalue weighted by molar-refractivity contribution is 5.93. The molecule has 0 aliphatic carbocycles. The topological polar surface area (TPSA) is 61.0 Å². The molecule has 2 N–H and O–H groups in total. The molecule has 2 aromatic heterocycles. The van der Waals surface area contributed by atoms with Crippen LogP contribution in [0.1, 0.15) is 32.8 Å². The standard InChI is InChI=1S/C22H25F2N3O/c1-13(10-22(3,4)25)12-28-20-11-27-18(7-14(20)2)16-5-6-26-19-9-15(23)8-17(24)21(16)19/h5-9,11,13H,10,12,25H2,1-4H3. The van der Waals surface area contributed by atoms with Crippen molar-refractivity contribution in [1.82, 2.24) is 9.97 Å². The van der Waals surface area contributed by atoms with Gasteiger partial charge < -0.3 is 10.5 Å². The van der Waals surface area contributed by atoms with E-state index in [1.54, 1.807) is 12.3 Å². The number of pyridine rings is 2. The van der Waals surface area contributed by atoms with Gasteiger partial charge in [0, 0.05) is 34.8 Å². The lowest BCUT2D eigenvalue weighted by molar-refractivity contribution is 0.227. The molecule has 0 saturated heterocycles. The predicted molar refractivity (Wildman–Crippen MR) is 107 cm³/mol. The molecule has 1 aromatic carbocycles. The van der Waals surface area contributed by atoms with Gasteiger partial charge in [-0.05, 0) is 50.8 Å². The first-order valence-corrected chi connectivity index (χ1v) is 9.26. The van der Waals surface area contributed by atoms with Crippen molar-refractivity contribution in [2.75, 3.05) is 6.61 Å². The maximum absolute atomic E-state index is 14.4. The molecule has 0 saturated carbocycles. The van der Waals surface area contributed by atoms with E-state index in [0.29, 0.717) is 29.5 Å². The molecule has 0 fully saturated rings. The first kappa shape index (κ1) is 20.1. The van der Waals surface area contributed by atoms with E-state index >= 15 is 0 Å². The Morgan fingerprint density at radius 1 is 1.18 bits per heavy atom. The molecule has 0 bridgehead atoms.